The fourth-order valence-electron chi connectivity index (χ4n) is 1.77. The molecule has 2 aromatic rings. The zero-order chi connectivity index (χ0) is 16.9. The lowest BCUT2D eigenvalue weighted by molar-refractivity contribution is -0.274. The Balaban J connectivity index is 1.98. The van der Waals surface area contributed by atoms with Crippen LogP contribution in [-0.4, -0.2) is 17.7 Å². The van der Waals surface area contributed by atoms with Crippen LogP contribution in [0, 0.1) is 0 Å². The largest absolute Gasteiger partial charge is 0.573 e. The Morgan fingerprint density at radius 2 is 1.70 bits per heavy atom. The number of benzene rings is 2. The smallest absolute Gasteiger partial charge is 0.406 e. The number of hydrogen-bond acceptors (Lipinski definition) is 3. The van der Waals surface area contributed by atoms with E-state index in [0.29, 0.717) is 10.8 Å². The summed E-state index contributed by atoms with van der Waals surface area (Å²) in [6.07, 6.45) is -2.75. The number of anilines is 2. The van der Waals surface area contributed by atoms with Gasteiger partial charge in [0, 0.05) is 10.6 Å². The lowest BCUT2D eigenvalue weighted by Crippen LogP contribution is -2.19. The molecule has 0 aliphatic heterocycles. The Morgan fingerprint density at radius 3 is 2.30 bits per heavy atom. The van der Waals surface area contributed by atoms with Crippen LogP contribution in [0.5, 0.6) is 5.75 Å². The number of rotatable bonds is 4. The van der Waals surface area contributed by atoms with Crippen molar-refractivity contribution in [2.75, 3.05) is 16.9 Å². The fraction of sp³-hybridized carbons (Fsp3) is 0.133. The minimum atomic E-state index is -4.70. The highest BCUT2D eigenvalue weighted by molar-refractivity contribution is 7.98. The van der Waals surface area contributed by atoms with E-state index in [-0.39, 0.29) is 5.75 Å². The molecule has 122 valence electrons. The highest BCUT2D eigenvalue weighted by atomic mass is 32.2. The van der Waals surface area contributed by atoms with Crippen molar-refractivity contribution in [1.29, 1.82) is 0 Å². The van der Waals surface area contributed by atoms with Crippen molar-refractivity contribution in [3.8, 4) is 5.75 Å². The summed E-state index contributed by atoms with van der Waals surface area (Å²) in [6.45, 7) is 0. The first kappa shape index (κ1) is 17.4. The van der Waals surface area contributed by atoms with Gasteiger partial charge in [0.25, 0.3) is 0 Å². The lowest BCUT2D eigenvalue weighted by Gasteiger charge is -2.13. The van der Waals surface area contributed by atoms with Crippen LogP contribution >= 0.6 is 24.0 Å². The molecule has 2 rings (SSSR count). The van der Waals surface area contributed by atoms with Crippen LogP contribution in [0.4, 0.5) is 24.5 Å². The van der Waals surface area contributed by atoms with E-state index in [4.69, 9.17) is 12.2 Å². The standard InChI is InChI=1S/C15H13F3N2OS2/c1-23-13-5-3-2-4-12(13)20-14(22)19-10-6-8-11(9-7-10)21-15(16,17)18/h2-9H,1H3,(H2,19,20,22). The maximum absolute atomic E-state index is 12.1. The van der Waals surface area contributed by atoms with E-state index in [1.807, 2.05) is 30.5 Å². The molecule has 3 nitrogen and oxygen atoms in total. The Hall–Kier alpha value is -1.93. The number of ether oxygens (including phenoxy) is 1. The lowest BCUT2D eigenvalue weighted by atomic mass is 10.3. The minimum Gasteiger partial charge on any atom is -0.406 e. The van der Waals surface area contributed by atoms with Gasteiger partial charge in [-0.05, 0) is 54.9 Å². The highest BCUT2D eigenvalue weighted by Gasteiger charge is 2.30. The van der Waals surface area contributed by atoms with Crippen LogP contribution in [0.15, 0.2) is 53.4 Å². The van der Waals surface area contributed by atoms with Crippen LogP contribution in [-0.2, 0) is 0 Å². The summed E-state index contributed by atoms with van der Waals surface area (Å²) in [6, 6.07) is 13.0. The van der Waals surface area contributed by atoms with Crippen molar-refractivity contribution in [2.45, 2.75) is 11.3 Å². The van der Waals surface area contributed by atoms with Crippen molar-refractivity contribution in [1.82, 2.24) is 0 Å². The summed E-state index contributed by atoms with van der Waals surface area (Å²) in [7, 11) is 0. The maximum atomic E-state index is 12.1. The van der Waals surface area contributed by atoms with E-state index in [1.165, 1.54) is 24.3 Å². The average molecular weight is 358 g/mol. The molecule has 0 amide bonds. The van der Waals surface area contributed by atoms with E-state index >= 15 is 0 Å². The third kappa shape index (κ3) is 5.65. The molecule has 0 atom stereocenters. The number of nitrogens with one attached hydrogen (secondary N) is 2. The first-order valence-corrected chi connectivity index (χ1v) is 8.07. The van der Waals surface area contributed by atoms with E-state index in [1.54, 1.807) is 11.8 Å². The molecule has 0 saturated heterocycles. The van der Waals surface area contributed by atoms with Crippen LogP contribution < -0.4 is 15.4 Å². The first-order chi connectivity index (χ1) is 10.9. The molecule has 0 unspecified atom stereocenters. The van der Waals surface area contributed by atoms with E-state index in [0.717, 1.165) is 10.6 Å². The third-order valence-electron chi connectivity index (χ3n) is 2.70. The Bertz CT molecular complexity index is 675. The zero-order valence-electron chi connectivity index (χ0n) is 12.0. The van der Waals surface area contributed by atoms with E-state index < -0.39 is 6.36 Å². The molecule has 0 saturated carbocycles. The number of thioether (sulfide) groups is 1. The molecule has 0 spiro atoms. The molecule has 0 aliphatic rings. The van der Waals surface area contributed by atoms with Crippen molar-refractivity contribution in [3.63, 3.8) is 0 Å². The van der Waals surface area contributed by atoms with Crippen LogP contribution in [0.1, 0.15) is 0 Å². The Labute approximate surface area is 141 Å². The second kappa shape index (κ2) is 7.56. The molecule has 23 heavy (non-hydrogen) atoms. The monoisotopic (exact) mass is 358 g/mol. The SMILES string of the molecule is CSc1ccccc1NC(=S)Nc1ccc(OC(F)(F)F)cc1. The van der Waals surface area contributed by atoms with Crippen LogP contribution in [0.25, 0.3) is 0 Å². The van der Waals surface area contributed by atoms with Gasteiger partial charge in [0.05, 0.1) is 5.69 Å². The molecule has 2 N–H and O–H groups in total. The molecule has 2 aromatic carbocycles. The summed E-state index contributed by atoms with van der Waals surface area (Å²) < 4.78 is 40.1. The van der Waals surface area contributed by atoms with E-state index in [9.17, 15) is 13.2 Å². The second-order valence-corrected chi connectivity index (χ2v) is 5.61. The molecular weight excluding hydrogens is 345 g/mol. The molecule has 0 bridgehead atoms. The number of hydrogen-bond donors (Lipinski definition) is 2. The van der Waals surface area contributed by atoms with Gasteiger partial charge < -0.3 is 15.4 Å². The van der Waals surface area contributed by atoms with Gasteiger partial charge in [0.15, 0.2) is 5.11 Å². The summed E-state index contributed by atoms with van der Waals surface area (Å²) in [5.74, 6) is -0.283. The minimum absolute atomic E-state index is 0.283. The normalized spacial score (nSPS) is 11.0. The van der Waals surface area contributed by atoms with Gasteiger partial charge >= 0.3 is 6.36 Å². The number of halogens is 3. The van der Waals surface area contributed by atoms with Gasteiger partial charge in [-0.2, -0.15) is 0 Å². The molecule has 8 heteroatoms. The Kier molecular flexibility index (Phi) is 5.73. The molecular formula is C15H13F3N2OS2. The number of alkyl halides is 3. The summed E-state index contributed by atoms with van der Waals surface area (Å²) in [4.78, 5) is 1.03. The average Bonchev–Trinajstić information content (AvgIpc) is 2.48. The number of thiocarbonyl (C=S) groups is 1. The van der Waals surface area contributed by atoms with Crippen molar-refractivity contribution in [2.24, 2.45) is 0 Å². The molecule has 0 aromatic heterocycles. The molecule has 0 fully saturated rings. The van der Waals surface area contributed by atoms with Gasteiger partial charge in [-0.1, -0.05) is 12.1 Å². The predicted octanol–water partition coefficient (Wildman–Crippen LogP) is 5.12. The van der Waals surface area contributed by atoms with Crippen LogP contribution in [0.3, 0.4) is 0 Å². The topological polar surface area (TPSA) is 33.3 Å². The summed E-state index contributed by atoms with van der Waals surface area (Å²) in [5.41, 5.74) is 1.41. The molecule has 0 heterocycles. The molecule has 0 aliphatic carbocycles. The van der Waals surface area contributed by atoms with Crippen molar-refractivity contribution >= 4 is 40.5 Å². The number of para-hydroxylation sites is 1. The zero-order valence-corrected chi connectivity index (χ0v) is 13.6. The fourth-order valence-corrected chi connectivity index (χ4v) is 2.55. The summed E-state index contributed by atoms with van der Waals surface area (Å²) >= 11 is 6.78. The summed E-state index contributed by atoms with van der Waals surface area (Å²) in [5, 5.41) is 6.30. The second-order valence-electron chi connectivity index (χ2n) is 4.35. The van der Waals surface area contributed by atoms with Gasteiger partial charge in [-0.25, -0.2) is 0 Å². The van der Waals surface area contributed by atoms with Gasteiger partial charge in [-0.3, -0.25) is 0 Å². The van der Waals surface area contributed by atoms with Crippen molar-refractivity contribution < 1.29 is 17.9 Å². The highest BCUT2D eigenvalue weighted by Crippen LogP contribution is 2.26. The third-order valence-corrected chi connectivity index (χ3v) is 3.70. The first-order valence-electron chi connectivity index (χ1n) is 6.44. The maximum Gasteiger partial charge on any atom is 0.573 e. The van der Waals surface area contributed by atoms with Gasteiger partial charge in [0.1, 0.15) is 5.75 Å². The van der Waals surface area contributed by atoms with Crippen molar-refractivity contribution in [3.05, 3.63) is 48.5 Å². The quantitative estimate of drug-likeness (QED) is 0.586. The van der Waals surface area contributed by atoms with Crippen LogP contribution in [0.2, 0.25) is 0 Å². The Morgan fingerprint density at radius 1 is 1.04 bits per heavy atom. The van der Waals surface area contributed by atoms with Gasteiger partial charge in [0.2, 0.25) is 0 Å². The van der Waals surface area contributed by atoms with E-state index in [2.05, 4.69) is 15.4 Å². The predicted molar refractivity (Wildman–Crippen MR) is 91.2 cm³/mol. The van der Waals surface area contributed by atoms with Gasteiger partial charge in [-0.15, -0.1) is 24.9 Å². The molecule has 0 radical (unpaired) electrons.